The van der Waals surface area contributed by atoms with Gasteiger partial charge in [-0.2, -0.15) is 0 Å². The number of hydrogen-bond donors (Lipinski definition) is 0. The van der Waals surface area contributed by atoms with E-state index >= 15 is 0 Å². The summed E-state index contributed by atoms with van der Waals surface area (Å²) in [6, 6.07) is 16.2. The van der Waals surface area contributed by atoms with E-state index in [-0.39, 0.29) is 6.04 Å². The highest BCUT2D eigenvalue weighted by molar-refractivity contribution is 6.02. The van der Waals surface area contributed by atoms with E-state index < -0.39 is 0 Å². The lowest BCUT2D eigenvalue weighted by Gasteiger charge is -2.12. The van der Waals surface area contributed by atoms with Crippen molar-refractivity contribution in [2.75, 3.05) is 0 Å². The molecule has 0 bridgehead atoms. The van der Waals surface area contributed by atoms with Crippen LogP contribution in [0, 0.1) is 0 Å². The number of para-hydroxylation sites is 2. The van der Waals surface area contributed by atoms with E-state index in [4.69, 9.17) is 9.97 Å². The predicted octanol–water partition coefficient (Wildman–Crippen LogP) is 8.94. The third-order valence-electron chi connectivity index (χ3n) is 6.78. The standard InChI is InChI=1S/C36H38N6/c1-6-8-16-27(5)37-24-38-31(26(3)4)21-13-10-18-28(17-9-7-2)34-30-20-12-15-23-33(30)41-36(42-34)35-29-19-11-14-22-32(29)39-25-40-35/h6-9,11-12,14-16,18-20,22-25,27H,1,3,10,13,17,21H2,2,4-5H3/b9-7?,16-8-,28-18?,37-24?,38-31?. The topological polar surface area (TPSA) is 76.3 Å². The summed E-state index contributed by atoms with van der Waals surface area (Å²) >= 11 is 0. The number of unbranched alkanes of at least 4 members (excludes halogenated alkanes) is 1. The molecule has 0 aliphatic carbocycles. The molecule has 2 aromatic carbocycles. The van der Waals surface area contributed by atoms with E-state index in [9.17, 15) is 0 Å². The van der Waals surface area contributed by atoms with Crippen LogP contribution in [-0.4, -0.2) is 38.0 Å². The normalized spacial score (nSPS) is 13.6. The van der Waals surface area contributed by atoms with E-state index in [0.717, 1.165) is 75.7 Å². The molecule has 0 N–H and O–H groups in total. The Hall–Kier alpha value is -4.84. The van der Waals surface area contributed by atoms with Gasteiger partial charge in [0, 0.05) is 16.5 Å². The van der Waals surface area contributed by atoms with Gasteiger partial charge in [-0.3, -0.25) is 4.99 Å². The van der Waals surface area contributed by atoms with Crippen LogP contribution in [-0.2, 0) is 0 Å². The van der Waals surface area contributed by atoms with Gasteiger partial charge in [-0.15, -0.1) is 0 Å². The van der Waals surface area contributed by atoms with Gasteiger partial charge in [0.2, 0.25) is 0 Å². The van der Waals surface area contributed by atoms with Gasteiger partial charge in [0.25, 0.3) is 0 Å². The molecule has 0 amide bonds. The third kappa shape index (κ3) is 7.88. The van der Waals surface area contributed by atoms with Crippen LogP contribution in [0.15, 0.2) is 120 Å². The Morgan fingerprint density at radius 3 is 2.52 bits per heavy atom. The summed E-state index contributed by atoms with van der Waals surface area (Å²) in [4.78, 5) is 28.1. The van der Waals surface area contributed by atoms with Crippen LogP contribution >= 0.6 is 0 Å². The fourth-order valence-electron chi connectivity index (χ4n) is 4.56. The first-order valence-electron chi connectivity index (χ1n) is 14.3. The van der Waals surface area contributed by atoms with Crippen molar-refractivity contribution in [3.63, 3.8) is 0 Å². The molecule has 0 saturated carbocycles. The maximum absolute atomic E-state index is 5.12. The SMILES string of the molecule is C=C/C=C\C(C)N=CN=C(CCCC=C(CC=CC)c1nc(-c2ncnc3ccccc23)nc2ccccc12)C(=C)C. The number of nitrogens with zero attached hydrogens (tertiary/aromatic N) is 6. The average molecular weight is 555 g/mol. The maximum Gasteiger partial charge on any atom is 0.180 e. The monoisotopic (exact) mass is 554 g/mol. The van der Waals surface area contributed by atoms with E-state index in [1.54, 1.807) is 18.7 Å². The van der Waals surface area contributed by atoms with Crippen molar-refractivity contribution >= 4 is 39.4 Å². The second-order valence-electron chi connectivity index (χ2n) is 10.0. The Kier molecular flexibility index (Phi) is 10.9. The summed E-state index contributed by atoms with van der Waals surface area (Å²) < 4.78 is 0. The predicted molar refractivity (Wildman–Crippen MR) is 179 cm³/mol. The number of allylic oxidation sites excluding steroid dienone is 7. The van der Waals surface area contributed by atoms with Crippen molar-refractivity contribution < 1.29 is 0 Å². The van der Waals surface area contributed by atoms with Crippen LogP contribution in [0.1, 0.15) is 52.1 Å². The summed E-state index contributed by atoms with van der Waals surface area (Å²) in [5, 5.41) is 1.96. The van der Waals surface area contributed by atoms with Crippen LogP contribution in [0.2, 0.25) is 0 Å². The van der Waals surface area contributed by atoms with Gasteiger partial charge in [0.1, 0.15) is 18.4 Å². The summed E-state index contributed by atoms with van der Waals surface area (Å²) in [6.45, 7) is 13.9. The zero-order valence-corrected chi connectivity index (χ0v) is 24.7. The lowest BCUT2D eigenvalue weighted by Crippen LogP contribution is -2.01. The highest BCUT2D eigenvalue weighted by atomic mass is 14.9. The van der Waals surface area contributed by atoms with Gasteiger partial charge in [0.05, 0.1) is 22.8 Å². The number of rotatable bonds is 13. The van der Waals surface area contributed by atoms with Gasteiger partial charge in [-0.1, -0.05) is 86.0 Å². The van der Waals surface area contributed by atoms with Crippen LogP contribution in [0.5, 0.6) is 0 Å². The molecule has 6 nitrogen and oxygen atoms in total. The van der Waals surface area contributed by atoms with E-state index in [1.807, 2.05) is 75.4 Å². The Balaban J connectivity index is 1.64. The second-order valence-corrected chi connectivity index (χ2v) is 10.0. The lowest BCUT2D eigenvalue weighted by molar-refractivity contribution is 0.891. The van der Waals surface area contributed by atoms with E-state index in [2.05, 4.69) is 57.4 Å². The lowest BCUT2D eigenvalue weighted by atomic mass is 10.00. The van der Waals surface area contributed by atoms with Gasteiger partial charge < -0.3 is 0 Å². The highest BCUT2D eigenvalue weighted by Crippen LogP contribution is 2.30. The van der Waals surface area contributed by atoms with Gasteiger partial charge >= 0.3 is 0 Å². The Labute approximate surface area is 248 Å². The molecular weight excluding hydrogens is 516 g/mol. The molecular formula is C36H38N6. The Morgan fingerprint density at radius 2 is 1.76 bits per heavy atom. The van der Waals surface area contributed by atoms with Crippen molar-refractivity contribution in [3.8, 4) is 11.5 Å². The molecule has 2 aromatic heterocycles. The van der Waals surface area contributed by atoms with Crippen LogP contribution in [0.4, 0.5) is 0 Å². The molecule has 0 aliphatic rings. The smallest absolute Gasteiger partial charge is 0.180 e. The van der Waals surface area contributed by atoms with Gasteiger partial charge in [0.15, 0.2) is 5.82 Å². The largest absolute Gasteiger partial charge is 0.266 e. The molecule has 0 aliphatic heterocycles. The zero-order valence-electron chi connectivity index (χ0n) is 24.7. The third-order valence-corrected chi connectivity index (χ3v) is 6.78. The fraction of sp³-hybridized carbons (Fsp3) is 0.222. The van der Waals surface area contributed by atoms with Gasteiger partial charge in [-0.25, -0.2) is 24.9 Å². The number of fused-ring (bicyclic) bond motifs is 2. The minimum Gasteiger partial charge on any atom is -0.266 e. The fourth-order valence-corrected chi connectivity index (χ4v) is 4.56. The van der Waals surface area contributed by atoms with Crippen molar-refractivity contribution in [2.45, 2.75) is 52.5 Å². The summed E-state index contributed by atoms with van der Waals surface area (Å²) in [7, 11) is 0. The molecule has 1 unspecified atom stereocenters. The first-order valence-corrected chi connectivity index (χ1v) is 14.3. The zero-order chi connectivity index (χ0) is 29.7. The highest BCUT2D eigenvalue weighted by Gasteiger charge is 2.15. The quantitative estimate of drug-likeness (QED) is 0.0543. The summed E-state index contributed by atoms with van der Waals surface area (Å²) in [6.07, 6.45) is 18.8. The molecule has 0 fully saturated rings. The molecule has 2 heterocycles. The van der Waals surface area contributed by atoms with E-state index in [1.165, 1.54) is 0 Å². The van der Waals surface area contributed by atoms with Crippen molar-refractivity contribution in [1.82, 2.24) is 19.9 Å². The van der Waals surface area contributed by atoms with Crippen LogP contribution in [0.25, 0.3) is 38.9 Å². The molecule has 0 spiro atoms. The molecule has 0 saturated heterocycles. The number of aromatic nitrogens is 4. The minimum atomic E-state index is 0.0446. The summed E-state index contributed by atoms with van der Waals surface area (Å²) in [5.41, 5.74) is 6.50. The number of benzene rings is 2. The molecule has 0 radical (unpaired) electrons. The van der Waals surface area contributed by atoms with Crippen molar-refractivity contribution in [1.29, 1.82) is 0 Å². The number of hydrogen-bond acceptors (Lipinski definition) is 5. The van der Waals surface area contributed by atoms with Crippen LogP contribution in [0.3, 0.4) is 0 Å². The molecule has 4 aromatic rings. The second kappa shape index (κ2) is 15.2. The molecule has 4 rings (SSSR count). The first kappa shape index (κ1) is 30.1. The molecule has 1 atom stereocenters. The average Bonchev–Trinajstić information content (AvgIpc) is 3.01. The van der Waals surface area contributed by atoms with Crippen molar-refractivity contribution in [3.05, 3.63) is 116 Å². The van der Waals surface area contributed by atoms with Crippen LogP contribution < -0.4 is 0 Å². The van der Waals surface area contributed by atoms with Crippen molar-refractivity contribution in [2.24, 2.45) is 9.98 Å². The number of aliphatic imine (C=N–C) groups is 2. The van der Waals surface area contributed by atoms with Gasteiger partial charge in [-0.05, 0) is 69.7 Å². The minimum absolute atomic E-state index is 0.0446. The summed E-state index contributed by atoms with van der Waals surface area (Å²) in [5.74, 6) is 0.599. The van der Waals surface area contributed by atoms with E-state index in [0.29, 0.717) is 5.82 Å². The molecule has 6 heteroatoms. The maximum atomic E-state index is 5.12. The Morgan fingerprint density at radius 1 is 1.00 bits per heavy atom. The first-order chi connectivity index (χ1) is 20.5. The molecule has 212 valence electrons. The molecule has 42 heavy (non-hydrogen) atoms. The Bertz CT molecular complexity index is 1700.